The second-order valence-electron chi connectivity index (χ2n) is 11.2. The molecule has 0 bridgehead atoms. The molecule has 0 radical (unpaired) electrons. The number of carbonyl (C=O) groups excluding carboxylic acids is 1. The number of ether oxygens (including phenoxy) is 2. The Morgan fingerprint density at radius 3 is 2.54 bits per heavy atom. The highest BCUT2D eigenvalue weighted by Crippen LogP contribution is 2.36. The summed E-state index contributed by atoms with van der Waals surface area (Å²) in [6.07, 6.45) is 18.3. The Kier molecular flexibility index (Phi) is 9.40. The second-order valence-corrected chi connectivity index (χ2v) is 11.2. The molecule has 0 aromatic heterocycles. The highest BCUT2D eigenvalue weighted by Gasteiger charge is 2.34. The molecule has 1 saturated heterocycles. The first kappa shape index (κ1) is 27.5. The number of piperazine rings is 1. The number of carbonyl (C=O) groups is 1. The zero-order valence-electron chi connectivity index (χ0n) is 23.1. The smallest absolute Gasteiger partial charge is 0.231 e. The van der Waals surface area contributed by atoms with Crippen molar-refractivity contribution < 1.29 is 18.7 Å². The van der Waals surface area contributed by atoms with E-state index in [0.29, 0.717) is 5.92 Å². The fourth-order valence-corrected chi connectivity index (χ4v) is 6.48. The summed E-state index contributed by atoms with van der Waals surface area (Å²) >= 11 is 0. The Morgan fingerprint density at radius 1 is 1.08 bits per heavy atom. The van der Waals surface area contributed by atoms with Gasteiger partial charge >= 0.3 is 0 Å². The minimum absolute atomic E-state index is 0.0306. The van der Waals surface area contributed by atoms with Crippen molar-refractivity contribution in [2.24, 2.45) is 5.92 Å². The lowest BCUT2D eigenvalue weighted by atomic mass is 9.75. The Hall–Kier alpha value is -3.06. The van der Waals surface area contributed by atoms with Crippen molar-refractivity contribution in [3.63, 3.8) is 0 Å². The van der Waals surface area contributed by atoms with E-state index >= 15 is 4.39 Å². The summed E-state index contributed by atoms with van der Waals surface area (Å²) in [5.41, 5.74) is 1.89. The summed E-state index contributed by atoms with van der Waals surface area (Å²) < 4.78 is 27.0. The maximum Gasteiger partial charge on any atom is 0.231 e. The lowest BCUT2D eigenvalue weighted by molar-refractivity contribution is -0.120. The molecule has 1 aromatic carbocycles. The van der Waals surface area contributed by atoms with Crippen LogP contribution in [0, 0.1) is 11.7 Å². The molecule has 6 nitrogen and oxygen atoms in total. The molecule has 4 aliphatic rings. The average Bonchev–Trinajstić information content (AvgIpc) is 2.98. The number of rotatable bonds is 9. The summed E-state index contributed by atoms with van der Waals surface area (Å²) in [5.74, 6) is 1.66. The molecule has 1 aromatic rings. The van der Waals surface area contributed by atoms with Crippen molar-refractivity contribution in [2.75, 3.05) is 32.7 Å². The van der Waals surface area contributed by atoms with Crippen LogP contribution in [-0.2, 0) is 14.3 Å². The monoisotopic (exact) mass is 535 g/mol. The van der Waals surface area contributed by atoms with Crippen LogP contribution in [0.3, 0.4) is 0 Å². The maximum absolute atomic E-state index is 15.1. The van der Waals surface area contributed by atoms with E-state index in [0.717, 1.165) is 87.6 Å². The molecule has 7 heteroatoms. The van der Waals surface area contributed by atoms with E-state index in [1.807, 2.05) is 12.1 Å². The highest BCUT2D eigenvalue weighted by atomic mass is 19.1. The van der Waals surface area contributed by atoms with Crippen LogP contribution < -0.4 is 5.32 Å². The number of benzene rings is 1. The van der Waals surface area contributed by atoms with Crippen LogP contribution >= 0.6 is 0 Å². The quantitative estimate of drug-likeness (QED) is 0.423. The molecule has 2 aliphatic heterocycles. The molecule has 2 atom stereocenters. The lowest BCUT2D eigenvalue weighted by Gasteiger charge is -2.39. The predicted octanol–water partition coefficient (Wildman–Crippen LogP) is 5.97. The standard InChI is InChI=1S/C32H42FN3O3/c1-24(37)34-32(26-12-6-3-7-13-26)28(27-14-8-9-15-29(27)33)16-17-35-18-20-36(21-19-35)31-23-38-30(22-39-31)25-10-4-2-5-11-25/h2,4,8-10,14-15,22-23,26,28,32H,3,5-7,11-13,16-21H2,1H3,(H,34,37). The van der Waals surface area contributed by atoms with Gasteiger partial charge in [-0.2, -0.15) is 0 Å². The molecule has 0 spiro atoms. The number of nitrogens with zero attached hydrogens (tertiary/aromatic N) is 2. The number of nitrogens with one attached hydrogen (secondary N) is 1. The molecule has 2 unspecified atom stereocenters. The first-order valence-electron chi connectivity index (χ1n) is 14.7. The van der Waals surface area contributed by atoms with Gasteiger partial charge in [-0.3, -0.25) is 9.69 Å². The van der Waals surface area contributed by atoms with Crippen molar-refractivity contribution in [1.82, 2.24) is 15.1 Å². The topological polar surface area (TPSA) is 54.0 Å². The van der Waals surface area contributed by atoms with E-state index < -0.39 is 0 Å². The van der Waals surface area contributed by atoms with Gasteiger partial charge in [-0.05, 0) is 61.8 Å². The van der Waals surface area contributed by atoms with Crippen molar-refractivity contribution in [3.8, 4) is 0 Å². The van der Waals surface area contributed by atoms with Crippen molar-refractivity contribution in [1.29, 1.82) is 0 Å². The first-order chi connectivity index (χ1) is 19.1. The molecule has 1 saturated carbocycles. The van der Waals surface area contributed by atoms with Crippen LogP contribution in [-0.4, -0.2) is 54.5 Å². The number of halogens is 1. The Bertz CT molecular complexity index is 1110. The zero-order valence-corrected chi connectivity index (χ0v) is 23.1. The van der Waals surface area contributed by atoms with Crippen LogP contribution in [0.5, 0.6) is 0 Å². The minimum Gasteiger partial charge on any atom is -0.456 e. The Balaban J connectivity index is 1.19. The zero-order chi connectivity index (χ0) is 27.0. The summed E-state index contributed by atoms with van der Waals surface area (Å²) in [5, 5.41) is 3.26. The van der Waals surface area contributed by atoms with Crippen molar-refractivity contribution in [3.05, 3.63) is 83.6 Å². The Morgan fingerprint density at radius 2 is 1.87 bits per heavy atom. The van der Waals surface area contributed by atoms with Gasteiger partial charge in [-0.15, -0.1) is 0 Å². The molecule has 39 heavy (non-hydrogen) atoms. The minimum atomic E-state index is -0.174. The van der Waals surface area contributed by atoms with Crippen molar-refractivity contribution in [2.45, 2.75) is 70.3 Å². The summed E-state index contributed by atoms with van der Waals surface area (Å²) in [7, 11) is 0. The molecular weight excluding hydrogens is 493 g/mol. The van der Waals surface area contributed by atoms with Crippen LogP contribution in [0.25, 0.3) is 0 Å². The van der Waals surface area contributed by atoms with Crippen LogP contribution in [0.2, 0.25) is 0 Å². The predicted molar refractivity (Wildman–Crippen MR) is 151 cm³/mol. The third-order valence-corrected chi connectivity index (χ3v) is 8.61. The average molecular weight is 536 g/mol. The highest BCUT2D eigenvalue weighted by molar-refractivity contribution is 5.73. The Labute approximate surface area is 232 Å². The summed E-state index contributed by atoms with van der Waals surface area (Å²) in [4.78, 5) is 16.9. The van der Waals surface area contributed by atoms with Crippen LogP contribution in [0.4, 0.5) is 4.39 Å². The van der Waals surface area contributed by atoms with E-state index in [4.69, 9.17) is 9.47 Å². The van der Waals surface area contributed by atoms with Gasteiger partial charge in [0.1, 0.15) is 12.1 Å². The molecule has 2 heterocycles. The normalized spacial score (nSPS) is 22.1. The summed E-state index contributed by atoms with van der Waals surface area (Å²) in [6.45, 7) is 5.91. The van der Waals surface area contributed by atoms with Gasteiger partial charge in [-0.25, -0.2) is 4.39 Å². The van der Waals surface area contributed by atoms with E-state index in [1.54, 1.807) is 31.6 Å². The molecule has 5 rings (SSSR count). The largest absolute Gasteiger partial charge is 0.456 e. The van der Waals surface area contributed by atoms with Crippen LogP contribution in [0.1, 0.15) is 69.8 Å². The fraction of sp³-hybridized carbons (Fsp3) is 0.531. The van der Waals surface area contributed by atoms with E-state index in [9.17, 15) is 4.79 Å². The van der Waals surface area contributed by atoms with E-state index in [1.165, 1.54) is 19.3 Å². The lowest BCUT2D eigenvalue weighted by Crippen LogP contribution is -2.48. The second kappa shape index (κ2) is 13.3. The number of allylic oxidation sites excluding steroid dienone is 4. The maximum atomic E-state index is 15.1. The molecule has 2 aliphatic carbocycles. The van der Waals surface area contributed by atoms with Gasteiger partial charge in [0.25, 0.3) is 0 Å². The van der Waals surface area contributed by atoms with Gasteiger partial charge in [0.2, 0.25) is 11.8 Å². The molecular formula is C32H42FN3O3. The number of hydrogen-bond donors (Lipinski definition) is 1. The first-order valence-corrected chi connectivity index (χ1v) is 14.7. The molecule has 1 amide bonds. The summed E-state index contributed by atoms with van der Waals surface area (Å²) in [6, 6.07) is 7.07. The van der Waals surface area contributed by atoms with E-state index in [2.05, 4.69) is 33.3 Å². The fourth-order valence-electron chi connectivity index (χ4n) is 6.48. The van der Waals surface area contributed by atoms with E-state index in [-0.39, 0.29) is 23.7 Å². The van der Waals surface area contributed by atoms with Crippen LogP contribution in [0.15, 0.2) is 72.2 Å². The number of hydrogen-bond acceptors (Lipinski definition) is 5. The third kappa shape index (κ3) is 7.13. The van der Waals surface area contributed by atoms with Gasteiger partial charge < -0.3 is 19.7 Å². The molecule has 210 valence electrons. The third-order valence-electron chi connectivity index (χ3n) is 8.61. The van der Waals surface area contributed by atoms with Gasteiger partial charge in [-0.1, -0.05) is 55.7 Å². The van der Waals surface area contributed by atoms with Gasteiger partial charge in [0.05, 0.1) is 0 Å². The van der Waals surface area contributed by atoms with Gasteiger partial charge in [0, 0.05) is 45.1 Å². The number of amides is 1. The SMILES string of the molecule is CC(=O)NC(C1CCCCC1)C(CCN1CCN(C2=COC(C3=CC=CCC3)=CO2)CC1)c1ccccc1F. The molecule has 1 N–H and O–H groups in total. The molecule has 2 fully saturated rings. The van der Waals surface area contributed by atoms with Crippen molar-refractivity contribution >= 4 is 5.91 Å². The van der Waals surface area contributed by atoms with Gasteiger partial charge in [0.15, 0.2) is 12.0 Å².